The number of carbonyl (C=O) groups is 1. The number of carbonyl (C=O) groups excluding carboxylic acids is 1. The first-order valence-corrected chi connectivity index (χ1v) is 5.13. The van der Waals surface area contributed by atoms with Crippen LogP contribution in [-0.4, -0.2) is 24.0 Å². The summed E-state index contributed by atoms with van der Waals surface area (Å²) in [4.78, 5) is 13.0. The SMILES string of the molecule is O=C(NCc1ccc(F)cc1F)N1CCC1. The maximum Gasteiger partial charge on any atom is 0.317 e. The average Bonchev–Trinajstić information content (AvgIpc) is 2.13. The smallest absolute Gasteiger partial charge is 0.317 e. The number of nitrogens with one attached hydrogen (secondary N) is 1. The van der Waals surface area contributed by atoms with Gasteiger partial charge in [-0.1, -0.05) is 6.07 Å². The Balaban J connectivity index is 1.91. The molecular formula is C11H12F2N2O. The number of halogens is 2. The van der Waals surface area contributed by atoms with Crippen LogP contribution in [0.4, 0.5) is 13.6 Å². The fraction of sp³-hybridized carbons (Fsp3) is 0.364. The maximum absolute atomic E-state index is 13.2. The van der Waals surface area contributed by atoms with Crippen molar-refractivity contribution in [3.8, 4) is 0 Å². The van der Waals surface area contributed by atoms with Gasteiger partial charge in [-0.3, -0.25) is 0 Å². The molecule has 0 aliphatic carbocycles. The van der Waals surface area contributed by atoms with Crippen molar-refractivity contribution in [1.29, 1.82) is 0 Å². The molecule has 0 saturated carbocycles. The lowest BCUT2D eigenvalue weighted by Gasteiger charge is -2.30. The predicted molar refractivity (Wildman–Crippen MR) is 54.8 cm³/mol. The fourth-order valence-electron chi connectivity index (χ4n) is 1.47. The van der Waals surface area contributed by atoms with Gasteiger partial charge in [0.2, 0.25) is 0 Å². The van der Waals surface area contributed by atoms with Crippen LogP contribution in [0.2, 0.25) is 0 Å². The van der Waals surface area contributed by atoms with Crippen LogP contribution in [0.5, 0.6) is 0 Å². The number of urea groups is 1. The molecule has 0 unspecified atom stereocenters. The van der Waals surface area contributed by atoms with Crippen molar-refractivity contribution >= 4 is 6.03 Å². The molecule has 0 spiro atoms. The largest absolute Gasteiger partial charge is 0.334 e. The van der Waals surface area contributed by atoms with Gasteiger partial charge in [0.05, 0.1) is 0 Å². The van der Waals surface area contributed by atoms with Gasteiger partial charge in [-0.2, -0.15) is 0 Å². The van der Waals surface area contributed by atoms with Gasteiger partial charge in [0.1, 0.15) is 11.6 Å². The second-order valence-electron chi connectivity index (χ2n) is 3.74. The summed E-state index contributed by atoms with van der Waals surface area (Å²) in [5.74, 6) is -1.25. The molecule has 16 heavy (non-hydrogen) atoms. The molecule has 1 aromatic rings. The summed E-state index contributed by atoms with van der Waals surface area (Å²) in [5.41, 5.74) is 0.287. The van der Waals surface area contributed by atoms with Gasteiger partial charge in [-0.05, 0) is 12.5 Å². The van der Waals surface area contributed by atoms with E-state index in [4.69, 9.17) is 0 Å². The van der Waals surface area contributed by atoms with Gasteiger partial charge in [0.15, 0.2) is 0 Å². The summed E-state index contributed by atoms with van der Waals surface area (Å²) < 4.78 is 25.8. The van der Waals surface area contributed by atoms with Crippen LogP contribution < -0.4 is 5.32 Å². The summed E-state index contributed by atoms with van der Waals surface area (Å²) in [6, 6.07) is 3.12. The van der Waals surface area contributed by atoms with Gasteiger partial charge >= 0.3 is 6.03 Å². The van der Waals surface area contributed by atoms with Crippen LogP contribution >= 0.6 is 0 Å². The first kappa shape index (κ1) is 10.9. The van der Waals surface area contributed by atoms with E-state index in [1.54, 1.807) is 4.90 Å². The Bertz CT molecular complexity index is 405. The molecule has 1 aliphatic heterocycles. The Morgan fingerprint density at radius 3 is 2.69 bits per heavy atom. The zero-order valence-electron chi connectivity index (χ0n) is 8.67. The zero-order chi connectivity index (χ0) is 11.5. The number of hydrogen-bond acceptors (Lipinski definition) is 1. The van der Waals surface area contributed by atoms with E-state index in [0.717, 1.165) is 25.6 Å². The molecule has 0 atom stereocenters. The molecule has 1 saturated heterocycles. The van der Waals surface area contributed by atoms with E-state index in [1.807, 2.05) is 0 Å². The number of nitrogens with zero attached hydrogens (tertiary/aromatic N) is 1. The normalized spacial score (nSPS) is 14.5. The summed E-state index contributed by atoms with van der Waals surface area (Å²) in [5, 5.41) is 2.59. The monoisotopic (exact) mass is 226 g/mol. The van der Waals surface area contributed by atoms with E-state index in [-0.39, 0.29) is 18.1 Å². The van der Waals surface area contributed by atoms with Gasteiger partial charge in [0.25, 0.3) is 0 Å². The lowest BCUT2D eigenvalue weighted by Crippen LogP contribution is -2.47. The second-order valence-corrected chi connectivity index (χ2v) is 3.74. The van der Waals surface area contributed by atoms with Crippen molar-refractivity contribution in [2.45, 2.75) is 13.0 Å². The van der Waals surface area contributed by atoms with Crippen molar-refractivity contribution in [2.75, 3.05) is 13.1 Å². The van der Waals surface area contributed by atoms with Crippen LogP contribution in [0, 0.1) is 11.6 Å². The Labute approximate surface area is 92.1 Å². The minimum Gasteiger partial charge on any atom is -0.334 e. The molecule has 5 heteroatoms. The molecule has 2 rings (SSSR count). The van der Waals surface area contributed by atoms with Gasteiger partial charge < -0.3 is 10.2 Å². The molecule has 1 N–H and O–H groups in total. The molecule has 0 aromatic heterocycles. The molecule has 3 nitrogen and oxygen atoms in total. The summed E-state index contributed by atoms with van der Waals surface area (Å²) in [6.07, 6.45) is 1.01. The average molecular weight is 226 g/mol. The van der Waals surface area contributed by atoms with Crippen LogP contribution in [0.1, 0.15) is 12.0 Å². The fourth-order valence-corrected chi connectivity index (χ4v) is 1.47. The van der Waals surface area contributed by atoms with E-state index < -0.39 is 11.6 Å². The number of hydrogen-bond donors (Lipinski definition) is 1. The van der Waals surface area contributed by atoms with Gasteiger partial charge in [-0.15, -0.1) is 0 Å². The summed E-state index contributed by atoms with van der Waals surface area (Å²) >= 11 is 0. The minimum atomic E-state index is -0.635. The predicted octanol–water partition coefficient (Wildman–Crippen LogP) is 1.88. The van der Waals surface area contributed by atoms with Crippen molar-refractivity contribution in [1.82, 2.24) is 10.2 Å². The molecule has 86 valence electrons. The van der Waals surface area contributed by atoms with Crippen molar-refractivity contribution in [3.05, 3.63) is 35.4 Å². The second kappa shape index (κ2) is 4.47. The van der Waals surface area contributed by atoms with Crippen LogP contribution in [-0.2, 0) is 6.54 Å². The Morgan fingerprint density at radius 2 is 2.12 bits per heavy atom. The lowest BCUT2D eigenvalue weighted by molar-refractivity contribution is 0.167. The third kappa shape index (κ3) is 2.29. The van der Waals surface area contributed by atoms with Crippen LogP contribution in [0.25, 0.3) is 0 Å². The van der Waals surface area contributed by atoms with E-state index in [2.05, 4.69) is 5.32 Å². The third-order valence-corrected chi connectivity index (χ3v) is 2.59. The van der Waals surface area contributed by atoms with Crippen LogP contribution in [0.3, 0.4) is 0 Å². The van der Waals surface area contributed by atoms with Crippen molar-refractivity contribution in [3.63, 3.8) is 0 Å². The Hall–Kier alpha value is -1.65. The Morgan fingerprint density at radius 1 is 1.38 bits per heavy atom. The van der Waals surface area contributed by atoms with Crippen molar-refractivity contribution < 1.29 is 13.6 Å². The quantitative estimate of drug-likeness (QED) is 0.820. The number of rotatable bonds is 2. The standard InChI is InChI=1S/C11H12F2N2O/c12-9-3-2-8(10(13)6-9)7-14-11(16)15-4-1-5-15/h2-3,6H,1,4-5,7H2,(H,14,16). The van der Waals surface area contributed by atoms with Gasteiger partial charge in [0, 0.05) is 31.3 Å². The minimum absolute atomic E-state index is 0.0848. The molecule has 0 radical (unpaired) electrons. The van der Waals surface area contributed by atoms with E-state index in [0.29, 0.717) is 0 Å². The zero-order valence-corrected chi connectivity index (χ0v) is 8.67. The molecule has 0 bridgehead atoms. The summed E-state index contributed by atoms with van der Waals surface area (Å²) in [6.45, 7) is 1.58. The van der Waals surface area contributed by atoms with E-state index >= 15 is 0 Å². The van der Waals surface area contributed by atoms with Gasteiger partial charge in [-0.25, -0.2) is 13.6 Å². The highest BCUT2D eigenvalue weighted by molar-refractivity contribution is 5.74. The molecule has 1 fully saturated rings. The highest BCUT2D eigenvalue weighted by Crippen LogP contribution is 2.10. The highest BCUT2D eigenvalue weighted by Gasteiger charge is 2.19. The Kier molecular flexibility index (Phi) is 3.03. The number of benzene rings is 1. The number of amides is 2. The topological polar surface area (TPSA) is 32.3 Å². The summed E-state index contributed by atoms with van der Waals surface area (Å²) in [7, 11) is 0. The molecule has 1 aromatic carbocycles. The molecule has 1 aliphatic rings. The highest BCUT2D eigenvalue weighted by atomic mass is 19.1. The number of likely N-dealkylation sites (tertiary alicyclic amines) is 1. The first-order valence-electron chi connectivity index (χ1n) is 5.13. The third-order valence-electron chi connectivity index (χ3n) is 2.59. The van der Waals surface area contributed by atoms with E-state index in [9.17, 15) is 13.6 Å². The maximum atomic E-state index is 13.2. The van der Waals surface area contributed by atoms with Crippen LogP contribution in [0.15, 0.2) is 18.2 Å². The van der Waals surface area contributed by atoms with E-state index in [1.165, 1.54) is 12.1 Å². The molecular weight excluding hydrogens is 214 g/mol. The molecule has 1 heterocycles. The van der Waals surface area contributed by atoms with Crippen molar-refractivity contribution in [2.24, 2.45) is 0 Å². The lowest BCUT2D eigenvalue weighted by atomic mass is 10.2. The first-order chi connectivity index (χ1) is 7.66. The molecule has 2 amide bonds.